The zero-order valence-electron chi connectivity index (χ0n) is 21.0. The minimum absolute atomic E-state index is 0.134. The van der Waals surface area contributed by atoms with Gasteiger partial charge in [-0.05, 0) is 79.9 Å². The lowest BCUT2D eigenvalue weighted by molar-refractivity contribution is -0.189. The molecule has 0 radical (unpaired) electrons. The van der Waals surface area contributed by atoms with E-state index < -0.39 is 46.5 Å². The van der Waals surface area contributed by atoms with E-state index in [9.17, 15) is 30.7 Å². The summed E-state index contributed by atoms with van der Waals surface area (Å²) in [5, 5.41) is 0. The van der Waals surface area contributed by atoms with Crippen LogP contribution in [-0.2, 0) is 6.11 Å². The summed E-state index contributed by atoms with van der Waals surface area (Å²) in [5.74, 6) is -7.52. The van der Waals surface area contributed by atoms with E-state index in [1.165, 1.54) is 44.9 Å². The molecule has 4 rings (SSSR count). The van der Waals surface area contributed by atoms with Gasteiger partial charge in [0.25, 0.3) is 0 Å². The van der Waals surface area contributed by atoms with Gasteiger partial charge < -0.3 is 4.74 Å². The zero-order chi connectivity index (χ0) is 26.7. The van der Waals surface area contributed by atoms with Crippen LogP contribution in [0.1, 0.15) is 94.6 Å². The molecule has 0 aromatic heterocycles. The van der Waals surface area contributed by atoms with Crippen LogP contribution >= 0.6 is 0 Å². The largest absolute Gasteiger partial charge is 0.432 e. The van der Waals surface area contributed by atoms with Crippen LogP contribution in [0.2, 0.25) is 0 Å². The summed E-state index contributed by atoms with van der Waals surface area (Å²) in [6.07, 6.45) is 7.63. The number of benzene rings is 2. The van der Waals surface area contributed by atoms with Crippen LogP contribution in [0.4, 0.5) is 30.7 Å². The Morgan fingerprint density at radius 1 is 0.730 bits per heavy atom. The Labute approximate surface area is 213 Å². The standard InChI is InChI=1S/C29H33F7O/c1-2-3-4-17-5-7-18(8-6-17)19-9-11-20(12-10-19)21-13-23(30)27(24(31)14-21)29(35,36)37-22-15-25(32)28(34)26(33)16-22/h13-20H,2-12H2,1H3. The molecule has 2 fully saturated rings. The fraction of sp³-hybridized carbons (Fsp3) is 0.586. The molecule has 1 nitrogen and oxygen atoms in total. The second-order valence-electron chi connectivity index (χ2n) is 10.7. The second kappa shape index (κ2) is 11.6. The molecule has 8 heteroatoms. The van der Waals surface area contributed by atoms with Gasteiger partial charge in [-0.2, -0.15) is 8.78 Å². The molecule has 0 unspecified atom stereocenters. The van der Waals surface area contributed by atoms with Gasteiger partial charge in [0.1, 0.15) is 22.9 Å². The predicted molar refractivity (Wildman–Crippen MR) is 127 cm³/mol. The first-order valence-corrected chi connectivity index (χ1v) is 13.3. The molecule has 37 heavy (non-hydrogen) atoms. The quantitative estimate of drug-likeness (QED) is 0.244. The molecule has 2 aliphatic carbocycles. The van der Waals surface area contributed by atoms with E-state index in [1.54, 1.807) is 0 Å². The average molecular weight is 531 g/mol. The zero-order valence-corrected chi connectivity index (χ0v) is 21.0. The van der Waals surface area contributed by atoms with Gasteiger partial charge in [-0.15, -0.1) is 0 Å². The van der Waals surface area contributed by atoms with Crippen molar-refractivity contribution in [2.75, 3.05) is 0 Å². The Morgan fingerprint density at radius 3 is 1.76 bits per heavy atom. The van der Waals surface area contributed by atoms with Crippen molar-refractivity contribution in [2.45, 2.75) is 89.6 Å². The van der Waals surface area contributed by atoms with Crippen molar-refractivity contribution in [1.29, 1.82) is 0 Å². The third kappa shape index (κ3) is 6.43. The minimum atomic E-state index is -4.57. The fourth-order valence-corrected chi connectivity index (χ4v) is 6.26. The van der Waals surface area contributed by atoms with Crippen molar-refractivity contribution < 1.29 is 35.5 Å². The third-order valence-corrected chi connectivity index (χ3v) is 8.33. The number of ether oxygens (including phenoxy) is 1. The maximum Gasteiger partial charge on any atom is 0.432 e. The van der Waals surface area contributed by atoms with Gasteiger partial charge >= 0.3 is 6.11 Å². The van der Waals surface area contributed by atoms with Gasteiger partial charge in [0.05, 0.1) is 0 Å². The SMILES string of the molecule is CCCCC1CCC(C2CCC(c3cc(F)c(C(F)(F)Oc4cc(F)c(F)c(F)c4)c(F)c3)CC2)CC1. The molecule has 2 aromatic carbocycles. The van der Waals surface area contributed by atoms with E-state index in [0.717, 1.165) is 43.7 Å². The van der Waals surface area contributed by atoms with Gasteiger partial charge in [-0.3, -0.25) is 0 Å². The van der Waals surface area contributed by atoms with E-state index in [2.05, 4.69) is 11.7 Å². The number of unbranched alkanes of at least 4 members (excludes halogenated alkanes) is 1. The van der Waals surface area contributed by atoms with E-state index in [0.29, 0.717) is 17.4 Å². The summed E-state index contributed by atoms with van der Waals surface area (Å²) in [4.78, 5) is 0. The van der Waals surface area contributed by atoms with Crippen LogP contribution in [0.25, 0.3) is 0 Å². The van der Waals surface area contributed by atoms with E-state index in [1.807, 2.05) is 0 Å². The molecule has 0 amide bonds. The lowest BCUT2D eigenvalue weighted by atomic mass is 9.68. The van der Waals surface area contributed by atoms with Gasteiger partial charge in [0, 0.05) is 12.1 Å². The first kappa shape index (κ1) is 27.8. The minimum Gasteiger partial charge on any atom is -0.429 e. The topological polar surface area (TPSA) is 9.23 Å². The molecule has 0 bridgehead atoms. The van der Waals surface area contributed by atoms with Gasteiger partial charge in [0.2, 0.25) is 0 Å². The normalized spacial score (nSPS) is 24.8. The average Bonchev–Trinajstić information content (AvgIpc) is 2.85. The van der Waals surface area contributed by atoms with Crippen LogP contribution in [0.15, 0.2) is 24.3 Å². The summed E-state index contributed by atoms with van der Waals surface area (Å²) in [6.45, 7) is 2.22. The Kier molecular flexibility index (Phi) is 8.74. The maximum atomic E-state index is 14.8. The molecular formula is C29H33F7O. The Morgan fingerprint density at radius 2 is 1.24 bits per heavy atom. The fourth-order valence-electron chi connectivity index (χ4n) is 6.26. The van der Waals surface area contributed by atoms with Crippen molar-refractivity contribution in [3.63, 3.8) is 0 Å². The summed E-state index contributed by atoms with van der Waals surface area (Å²) in [5.41, 5.74) is -1.34. The Hall–Kier alpha value is -2.25. The molecule has 0 atom stereocenters. The van der Waals surface area contributed by atoms with Crippen molar-refractivity contribution in [2.24, 2.45) is 17.8 Å². The number of alkyl halides is 2. The van der Waals surface area contributed by atoms with Crippen LogP contribution < -0.4 is 4.74 Å². The highest BCUT2D eigenvalue weighted by molar-refractivity contribution is 5.33. The number of rotatable bonds is 8. The summed E-state index contributed by atoms with van der Waals surface area (Å²) in [7, 11) is 0. The maximum absolute atomic E-state index is 14.8. The van der Waals surface area contributed by atoms with Crippen LogP contribution in [0.3, 0.4) is 0 Å². The molecular weight excluding hydrogens is 497 g/mol. The highest BCUT2D eigenvalue weighted by Crippen LogP contribution is 2.45. The lowest BCUT2D eigenvalue weighted by Crippen LogP contribution is -2.27. The van der Waals surface area contributed by atoms with Crippen LogP contribution in [0.5, 0.6) is 5.75 Å². The van der Waals surface area contributed by atoms with Crippen molar-refractivity contribution in [3.05, 3.63) is 64.5 Å². The van der Waals surface area contributed by atoms with Crippen molar-refractivity contribution in [3.8, 4) is 5.75 Å². The van der Waals surface area contributed by atoms with Crippen molar-refractivity contribution in [1.82, 2.24) is 0 Å². The highest BCUT2D eigenvalue weighted by Gasteiger charge is 2.42. The molecule has 2 saturated carbocycles. The van der Waals surface area contributed by atoms with Gasteiger partial charge in [-0.1, -0.05) is 39.0 Å². The molecule has 2 aliphatic rings. The molecule has 0 aliphatic heterocycles. The molecule has 0 heterocycles. The molecule has 204 valence electrons. The molecule has 0 saturated heterocycles. The molecule has 0 spiro atoms. The molecule has 0 N–H and O–H groups in total. The summed E-state index contributed by atoms with van der Waals surface area (Å²) in [6, 6.07) is 2.16. The second-order valence-corrected chi connectivity index (χ2v) is 10.7. The van der Waals surface area contributed by atoms with E-state index in [4.69, 9.17) is 0 Å². The number of hydrogen-bond acceptors (Lipinski definition) is 1. The van der Waals surface area contributed by atoms with Gasteiger partial charge in [-0.25, -0.2) is 22.0 Å². The van der Waals surface area contributed by atoms with Crippen LogP contribution in [0, 0.1) is 46.8 Å². The van der Waals surface area contributed by atoms with Gasteiger partial charge in [0.15, 0.2) is 17.5 Å². The first-order chi connectivity index (χ1) is 17.6. The van der Waals surface area contributed by atoms with E-state index in [-0.39, 0.29) is 18.1 Å². The smallest absolute Gasteiger partial charge is 0.429 e. The highest BCUT2D eigenvalue weighted by atomic mass is 19.3. The van der Waals surface area contributed by atoms with Crippen LogP contribution in [-0.4, -0.2) is 0 Å². The third-order valence-electron chi connectivity index (χ3n) is 8.33. The summed E-state index contributed by atoms with van der Waals surface area (Å²) >= 11 is 0. The van der Waals surface area contributed by atoms with Crippen molar-refractivity contribution >= 4 is 0 Å². The summed E-state index contributed by atoms with van der Waals surface area (Å²) < 4.78 is 103. The Balaban J connectivity index is 1.39. The number of hydrogen-bond donors (Lipinski definition) is 0. The first-order valence-electron chi connectivity index (χ1n) is 13.3. The monoisotopic (exact) mass is 530 g/mol. The van der Waals surface area contributed by atoms with E-state index >= 15 is 0 Å². The Bertz CT molecular complexity index is 1020. The molecule has 2 aromatic rings. The lowest BCUT2D eigenvalue weighted by Gasteiger charge is -2.38. The number of halogens is 7. The predicted octanol–water partition coefficient (Wildman–Crippen LogP) is 9.78.